The standard InChI is InChI=1S/C9H10O3/c1-5-6-4-9(11)12-8(6)3-2-7(5)10/h2-3,5-6,8H,4H2,1H3/t5-,6+,8-/m1/s1. The van der Waals surface area contributed by atoms with E-state index in [2.05, 4.69) is 0 Å². The first kappa shape index (κ1) is 7.53. The Labute approximate surface area is 70.4 Å². The molecule has 3 nitrogen and oxygen atoms in total. The molecule has 2 rings (SSSR count). The molecule has 2 aliphatic rings. The van der Waals surface area contributed by atoms with E-state index >= 15 is 0 Å². The van der Waals surface area contributed by atoms with E-state index in [-0.39, 0.29) is 29.7 Å². The molecule has 0 aromatic carbocycles. The van der Waals surface area contributed by atoms with Crippen LogP contribution in [0.25, 0.3) is 0 Å². The summed E-state index contributed by atoms with van der Waals surface area (Å²) in [5.74, 6) is -0.0628. The Hall–Kier alpha value is -1.12. The molecule has 3 atom stereocenters. The van der Waals surface area contributed by atoms with Crippen molar-refractivity contribution < 1.29 is 14.3 Å². The predicted octanol–water partition coefficient (Wildman–Crippen LogP) is 0.693. The Bertz CT molecular complexity index is 267. The maximum Gasteiger partial charge on any atom is 0.306 e. The monoisotopic (exact) mass is 166 g/mol. The van der Waals surface area contributed by atoms with Gasteiger partial charge in [-0.05, 0) is 12.2 Å². The molecule has 1 saturated heterocycles. The first-order chi connectivity index (χ1) is 5.68. The van der Waals surface area contributed by atoms with E-state index in [0.29, 0.717) is 6.42 Å². The average Bonchev–Trinajstić information content (AvgIpc) is 2.39. The molecular formula is C9H10O3. The van der Waals surface area contributed by atoms with Gasteiger partial charge in [0.25, 0.3) is 0 Å². The fourth-order valence-corrected chi connectivity index (χ4v) is 1.79. The number of carbonyl (C=O) groups excluding carboxylic acids is 2. The summed E-state index contributed by atoms with van der Waals surface area (Å²) in [5, 5.41) is 0. The zero-order chi connectivity index (χ0) is 8.72. The first-order valence-corrected chi connectivity index (χ1v) is 4.10. The number of hydrogen-bond donors (Lipinski definition) is 0. The van der Waals surface area contributed by atoms with Crippen molar-refractivity contribution in [1.82, 2.24) is 0 Å². The normalized spacial score (nSPS) is 39.6. The fraction of sp³-hybridized carbons (Fsp3) is 0.556. The van der Waals surface area contributed by atoms with Crippen molar-refractivity contribution in [2.75, 3.05) is 0 Å². The molecule has 0 bridgehead atoms. The van der Waals surface area contributed by atoms with Crippen LogP contribution in [0.1, 0.15) is 13.3 Å². The van der Waals surface area contributed by atoms with Crippen molar-refractivity contribution in [3.8, 4) is 0 Å². The lowest BCUT2D eigenvalue weighted by atomic mass is 9.81. The van der Waals surface area contributed by atoms with Crippen LogP contribution in [0.15, 0.2) is 12.2 Å². The molecule has 1 aliphatic carbocycles. The second kappa shape index (κ2) is 2.44. The molecule has 0 radical (unpaired) electrons. The minimum atomic E-state index is -0.184. The highest BCUT2D eigenvalue weighted by molar-refractivity contribution is 5.93. The summed E-state index contributed by atoms with van der Waals surface area (Å²) in [6.07, 6.45) is 3.45. The average molecular weight is 166 g/mol. The van der Waals surface area contributed by atoms with Crippen LogP contribution in [0.4, 0.5) is 0 Å². The Morgan fingerprint density at radius 2 is 2.25 bits per heavy atom. The molecular weight excluding hydrogens is 156 g/mol. The van der Waals surface area contributed by atoms with Crippen LogP contribution in [0.5, 0.6) is 0 Å². The summed E-state index contributed by atoms with van der Waals surface area (Å²) in [5.41, 5.74) is 0. The van der Waals surface area contributed by atoms with Crippen LogP contribution in [0.2, 0.25) is 0 Å². The molecule has 64 valence electrons. The molecule has 0 N–H and O–H groups in total. The Balaban J connectivity index is 2.27. The molecule has 0 spiro atoms. The van der Waals surface area contributed by atoms with E-state index in [1.165, 1.54) is 6.08 Å². The lowest BCUT2D eigenvalue weighted by Crippen LogP contribution is -2.29. The van der Waals surface area contributed by atoms with Gasteiger partial charge in [-0.15, -0.1) is 0 Å². The Morgan fingerprint density at radius 1 is 1.50 bits per heavy atom. The minimum absolute atomic E-state index is 0.0635. The molecule has 0 aromatic rings. The third-order valence-electron chi connectivity index (χ3n) is 2.63. The topological polar surface area (TPSA) is 43.4 Å². The van der Waals surface area contributed by atoms with E-state index in [0.717, 1.165) is 0 Å². The van der Waals surface area contributed by atoms with Crippen LogP contribution in [0.3, 0.4) is 0 Å². The summed E-state index contributed by atoms with van der Waals surface area (Å²) in [6, 6.07) is 0. The van der Waals surface area contributed by atoms with Gasteiger partial charge in [0.05, 0.1) is 6.42 Å². The molecule has 0 aromatic heterocycles. The number of ether oxygens (including phenoxy) is 1. The molecule has 0 saturated carbocycles. The zero-order valence-electron chi connectivity index (χ0n) is 6.82. The molecule has 0 amide bonds. The first-order valence-electron chi connectivity index (χ1n) is 4.10. The second-order valence-electron chi connectivity index (χ2n) is 3.37. The van der Waals surface area contributed by atoms with Crippen molar-refractivity contribution in [2.24, 2.45) is 11.8 Å². The number of hydrogen-bond acceptors (Lipinski definition) is 3. The summed E-state index contributed by atoms with van der Waals surface area (Å²) in [6.45, 7) is 1.85. The minimum Gasteiger partial charge on any atom is -0.458 e. The summed E-state index contributed by atoms with van der Waals surface area (Å²) >= 11 is 0. The molecule has 1 aliphatic heterocycles. The summed E-state index contributed by atoms with van der Waals surface area (Å²) < 4.78 is 5.01. The summed E-state index contributed by atoms with van der Waals surface area (Å²) in [7, 11) is 0. The highest BCUT2D eigenvalue weighted by Crippen LogP contribution is 2.33. The number of allylic oxidation sites excluding steroid dienone is 1. The van der Waals surface area contributed by atoms with E-state index in [4.69, 9.17) is 4.74 Å². The van der Waals surface area contributed by atoms with Gasteiger partial charge in [-0.1, -0.05) is 6.92 Å². The lowest BCUT2D eigenvalue weighted by molar-refractivity contribution is -0.140. The van der Waals surface area contributed by atoms with Crippen LogP contribution in [-0.2, 0) is 14.3 Å². The number of fused-ring (bicyclic) bond motifs is 1. The van der Waals surface area contributed by atoms with Gasteiger partial charge < -0.3 is 4.74 Å². The maximum atomic E-state index is 11.2. The van der Waals surface area contributed by atoms with Crippen molar-refractivity contribution >= 4 is 11.8 Å². The molecule has 12 heavy (non-hydrogen) atoms. The van der Waals surface area contributed by atoms with Crippen LogP contribution >= 0.6 is 0 Å². The van der Waals surface area contributed by atoms with Gasteiger partial charge in [-0.2, -0.15) is 0 Å². The molecule has 3 heteroatoms. The third kappa shape index (κ3) is 0.967. The van der Waals surface area contributed by atoms with E-state index in [1.807, 2.05) is 6.92 Å². The van der Waals surface area contributed by atoms with Crippen molar-refractivity contribution in [2.45, 2.75) is 19.4 Å². The highest BCUT2D eigenvalue weighted by atomic mass is 16.5. The second-order valence-corrected chi connectivity index (χ2v) is 3.37. The smallest absolute Gasteiger partial charge is 0.306 e. The van der Waals surface area contributed by atoms with Crippen molar-refractivity contribution in [1.29, 1.82) is 0 Å². The Kier molecular flexibility index (Phi) is 1.53. The number of ketones is 1. The highest BCUT2D eigenvalue weighted by Gasteiger charge is 2.41. The van der Waals surface area contributed by atoms with E-state index in [9.17, 15) is 9.59 Å². The zero-order valence-corrected chi connectivity index (χ0v) is 6.82. The van der Waals surface area contributed by atoms with E-state index in [1.54, 1.807) is 6.08 Å². The molecule has 1 fully saturated rings. The third-order valence-corrected chi connectivity index (χ3v) is 2.63. The van der Waals surface area contributed by atoms with Crippen molar-refractivity contribution in [3.05, 3.63) is 12.2 Å². The number of carbonyl (C=O) groups is 2. The largest absolute Gasteiger partial charge is 0.458 e. The number of rotatable bonds is 0. The predicted molar refractivity (Wildman–Crippen MR) is 41.3 cm³/mol. The van der Waals surface area contributed by atoms with Gasteiger partial charge >= 0.3 is 5.97 Å². The van der Waals surface area contributed by atoms with Crippen LogP contribution in [0, 0.1) is 11.8 Å². The maximum absolute atomic E-state index is 11.2. The van der Waals surface area contributed by atoms with Crippen molar-refractivity contribution in [3.63, 3.8) is 0 Å². The van der Waals surface area contributed by atoms with Gasteiger partial charge in [0.1, 0.15) is 6.10 Å². The Morgan fingerprint density at radius 3 is 3.00 bits per heavy atom. The number of esters is 1. The SMILES string of the molecule is C[C@H]1C(=O)C=C[C@H]2OC(=O)C[C@H]21. The quantitative estimate of drug-likeness (QED) is 0.497. The van der Waals surface area contributed by atoms with Gasteiger partial charge in [0.15, 0.2) is 5.78 Å². The van der Waals surface area contributed by atoms with Crippen LogP contribution in [-0.4, -0.2) is 17.9 Å². The van der Waals surface area contributed by atoms with Crippen LogP contribution < -0.4 is 0 Å². The lowest BCUT2D eigenvalue weighted by Gasteiger charge is -2.22. The van der Waals surface area contributed by atoms with Gasteiger partial charge in [0, 0.05) is 11.8 Å². The molecule has 0 unspecified atom stereocenters. The van der Waals surface area contributed by atoms with Gasteiger partial charge in [-0.3, -0.25) is 9.59 Å². The van der Waals surface area contributed by atoms with Gasteiger partial charge in [-0.25, -0.2) is 0 Å². The van der Waals surface area contributed by atoms with Gasteiger partial charge in [0.2, 0.25) is 0 Å². The molecule has 1 heterocycles. The summed E-state index contributed by atoms with van der Waals surface area (Å²) in [4.78, 5) is 22.1. The van der Waals surface area contributed by atoms with E-state index < -0.39 is 0 Å². The fourth-order valence-electron chi connectivity index (χ4n) is 1.79.